The van der Waals surface area contributed by atoms with Crippen LogP contribution in [0.2, 0.25) is 0 Å². The first-order chi connectivity index (χ1) is 41.9. The Bertz CT molecular complexity index is 2600. The van der Waals surface area contributed by atoms with E-state index in [1.54, 1.807) is 0 Å². The van der Waals surface area contributed by atoms with Gasteiger partial charge in [-0.1, -0.05) is 215 Å². The fraction of sp³-hybridized carbons (Fsp3) is 0.616. The third-order valence-electron chi connectivity index (χ3n) is 15.0. The van der Waals surface area contributed by atoms with Gasteiger partial charge in [-0.25, -0.2) is 4.57 Å². The predicted molar refractivity (Wildman–Crippen MR) is 371 cm³/mol. The Kier molecular flexibility index (Phi) is 34.2. The lowest BCUT2D eigenvalue weighted by Crippen LogP contribution is -2.37. The Morgan fingerprint density at radius 2 is 0.394 bits per heavy atom. The molecule has 4 aromatic rings. The lowest BCUT2D eigenvalue weighted by Gasteiger charge is -2.28. The molecule has 0 saturated carbocycles. The SMILES string of the molecule is CC(C)(C)c1cc(CCC(=O)O)cc(C(C)(C)C)c1O.CC(C)(C)c1cc(CCC(=O)O)cc(C(C)(C)C)c1O.CC(C)(C)c1cc(CCC(=O)O)cc(C(C)(C)C)c1O.CC(C)(C)c1cc(CCC(=O)O)cc(C(C)(C)C)c1O.O=P(O)(O)O.OCC(CO)(CO)CO. The summed E-state index contributed by atoms with van der Waals surface area (Å²) in [6.45, 7) is 47.6. The number of carboxylic acid groups (broad SMARTS) is 4. The first-order valence-corrected chi connectivity index (χ1v) is 33.1. The monoisotopic (exact) mass is 1350 g/mol. The Morgan fingerprint density at radius 3 is 0.457 bits per heavy atom. The Labute approximate surface area is 560 Å². The number of carbonyl (C=O) groups is 4. The van der Waals surface area contributed by atoms with E-state index in [0.29, 0.717) is 48.7 Å². The fourth-order valence-electron chi connectivity index (χ4n) is 9.23. The van der Waals surface area contributed by atoms with Gasteiger partial charge in [0.1, 0.15) is 23.0 Å². The van der Waals surface area contributed by atoms with Gasteiger partial charge in [0.25, 0.3) is 0 Å². The predicted octanol–water partition coefficient (Wildman–Crippen LogP) is 13.0. The minimum atomic E-state index is -4.64. The third kappa shape index (κ3) is 32.6. The highest BCUT2D eigenvalue weighted by Crippen LogP contribution is 2.44. The molecule has 4 aromatic carbocycles. The zero-order valence-electron chi connectivity index (χ0n) is 60.8. The van der Waals surface area contributed by atoms with Crippen LogP contribution >= 0.6 is 7.82 Å². The number of benzene rings is 4. The molecule has 0 fully saturated rings. The number of phenols is 4. The molecule has 94 heavy (non-hydrogen) atoms. The zero-order valence-corrected chi connectivity index (χ0v) is 61.7. The van der Waals surface area contributed by atoms with Crippen LogP contribution in [0.1, 0.15) is 259 Å². The van der Waals surface area contributed by atoms with Gasteiger partial charge in [-0.05, 0) is 136 Å². The number of aromatic hydroxyl groups is 4. The van der Waals surface area contributed by atoms with Gasteiger partial charge in [-0.3, -0.25) is 19.2 Å². The number of aliphatic carboxylic acids is 4. The van der Waals surface area contributed by atoms with E-state index < -0.39 is 63.5 Å². The summed E-state index contributed by atoms with van der Waals surface area (Å²) in [6, 6.07) is 15.5. The number of carboxylic acids is 4. The van der Waals surface area contributed by atoms with Gasteiger partial charge in [0, 0.05) is 25.7 Å². The van der Waals surface area contributed by atoms with Gasteiger partial charge in [0.05, 0.1) is 31.8 Å². The quantitative estimate of drug-likeness (QED) is 0.0463. The third-order valence-corrected chi connectivity index (χ3v) is 15.0. The van der Waals surface area contributed by atoms with E-state index in [4.69, 9.17) is 60.1 Å². The van der Waals surface area contributed by atoms with Crippen LogP contribution in [-0.4, -0.2) is 126 Å². The molecule has 0 spiro atoms. The van der Waals surface area contributed by atoms with Crippen LogP contribution in [0.15, 0.2) is 48.5 Å². The lowest BCUT2D eigenvalue weighted by atomic mass is 9.78. The summed E-state index contributed by atoms with van der Waals surface area (Å²) in [6.07, 6.45) is 2.39. The topological polar surface area (TPSA) is 389 Å². The van der Waals surface area contributed by atoms with E-state index in [9.17, 15) is 39.6 Å². The van der Waals surface area contributed by atoms with Gasteiger partial charge in [-0.15, -0.1) is 0 Å². The van der Waals surface area contributed by atoms with Crippen LogP contribution < -0.4 is 0 Å². The molecule has 0 aliphatic carbocycles. The first kappa shape index (κ1) is 90.0. The van der Waals surface area contributed by atoms with Crippen LogP contribution in [-0.2, 0) is 92.7 Å². The molecule has 0 aliphatic heterocycles. The number of aliphatic hydroxyl groups excluding tert-OH is 4. The Morgan fingerprint density at radius 1 is 0.287 bits per heavy atom. The highest BCUT2D eigenvalue weighted by atomic mass is 31.2. The highest BCUT2D eigenvalue weighted by Gasteiger charge is 2.31. The Hall–Kier alpha value is -6.09. The molecule has 21 heteroatoms. The van der Waals surface area contributed by atoms with Gasteiger partial charge in [0.2, 0.25) is 0 Å². The van der Waals surface area contributed by atoms with Crippen LogP contribution in [0.25, 0.3) is 0 Å². The van der Waals surface area contributed by atoms with Crippen molar-refractivity contribution in [3.8, 4) is 23.0 Å². The van der Waals surface area contributed by atoms with Crippen molar-refractivity contribution in [1.82, 2.24) is 0 Å². The van der Waals surface area contributed by atoms with Crippen molar-refractivity contribution < 1.29 is 99.7 Å². The second-order valence-corrected chi connectivity index (χ2v) is 33.4. The summed E-state index contributed by atoms with van der Waals surface area (Å²) in [4.78, 5) is 64.6. The number of phosphoric acid groups is 1. The van der Waals surface area contributed by atoms with Gasteiger partial charge in [0.15, 0.2) is 0 Å². The number of hydrogen-bond donors (Lipinski definition) is 15. The molecule has 15 N–H and O–H groups in total. The first-order valence-electron chi connectivity index (χ1n) is 31.5. The van der Waals surface area contributed by atoms with Crippen LogP contribution in [0, 0.1) is 5.41 Å². The van der Waals surface area contributed by atoms with Crippen LogP contribution in [0.3, 0.4) is 0 Å². The second-order valence-electron chi connectivity index (χ2n) is 32.4. The molecule has 0 aliphatic rings. The summed E-state index contributed by atoms with van der Waals surface area (Å²) < 4.78 is 8.88. The van der Waals surface area contributed by atoms with Crippen molar-refractivity contribution in [3.63, 3.8) is 0 Å². The maximum Gasteiger partial charge on any atom is 0.466 e. The van der Waals surface area contributed by atoms with Crippen molar-refractivity contribution in [2.24, 2.45) is 5.41 Å². The average molecular weight is 1350 g/mol. The molecular formula is C73H119O20P. The van der Waals surface area contributed by atoms with Crippen LogP contribution in [0.5, 0.6) is 23.0 Å². The number of aliphatic hydroxyl groups is 4. The number of rotatable bonds is 16. The fourth-order valence-corrected chi connectivity index (χ4v) is 9.23. The van der Waals surface area contributed by atoms with Crippen molar-refractivity contribution >= 4 is 31.7 Å². The molecule has 0 unspecified atom stereocenters. The summed E-state index contributed by atoms with van der Waals surface area (Å²) in [5, 5.41) is 112. The van der Waals surface area contributed by atoms with Gasteiger partial charge >= 0.3 is 31.7 Å². The Balaban J connectivity index is 0. The van der Waals surface area contributed by atoms with Crippen LogP contribution in [0.4, 0.5) is 0 Å². The molecule has 4 rings (SSSR count). The van der Waals surface area contributed by atoms with Crippen molar-refractivity contribution in [1.29, 1.82) is 0 Å². The molecular weight excluding hydrogens is 1230 g/mol. The maximum absolute atomic E-state index is 10.8. The number of phenolic OH excluding ortho intramolecular Hbond substituents is 4. The minimum Gasteiger partial charge on any atom is -0.507 e. The molecule has 0 atom stereocenters. The molecule has 20 nitrogen and oxygen atoms in total. The molecule has 0 heterocycles. The van der Waals surface area contributed by atoms with E-state index in [1.165, 1.54) is 0 Å². The zero-order chi connectivity index (χ0) is 74.7. The van der Waals surface area contributed by atoms with Gasteiger partial charge < -0.3 is 76.0 Å². The largest absolute Gasteiger partial charge is 0.507 e. The molecule has 0 saturated heterocycles. The molecule has 0 radical (unpaired) electrons. The molecule has 0 bridgehead atoms. The van der Waals surface area contributed by atoms with Crippen molar-refractivity contribution in [2.75, 3.05) is 26.4 Å². The summed E-state index contributed by atoms with van der Waals surface area (Å²) in [5.41, 5.74) is 8.40. The smallest absolute Gasteiger partial charge is 0.466 e. The van der Waals surface area contributed by atoms with E-state index >= 15 is 0 Å². The maximum atomic E-state index is 10.8. The molecule has 536 valence electrons. The van der Waals surface area contributed by atoms with E-state index in [2.05, 4.69) is 166 Å². The second kappa shape index (κ2) is 35.8. The summed E-state index contributed by atoms with van der Waals surface area (Å²) in [7, 11) is -4.64. The molecule has 0 amide bonds. The van der Waals surface area contributed by atoms with Crippen molar-refractivity contribution in [2.45, 2.75) is 261 Å². The molecule has 0 aromatic heterocycles. The number of aryl methyl sites for hydroxylation is 4. The summed E-state index contributed by atoms with van der Waals surface area (Å²) in [5.74, 6) is -1.85. The normalized spacial score (nSPS) is 12.4. The van der Waals surface area contributed by atoms with Crippen molar-refractivity contribution in [3.05, 3.63) is 115 Å². The van der Waals surface area contributed by atoms with E-state index in [1.807, 2.05) is 48.5 Å². The standard InChI is InChI=1S/4C17H26O3.C5H12O4.H3O4P/c4*1-16(2,3)12-9-11(7-8-14(18)19)10-13(15(12)20)17(4,5)6;6-1-5(2-7,3-8)4-9;1-5(2,3)4/h4*9-10,20H,7-8H2,1-6H3,(H,18,19);6-9H,1-4H2;(H3,1,2,3,4). The lowest BCUT2D eigenvalue weighted by molar-refractivity contribution is -0.138. The number of hydrogen-bond acceptors (Lipinski definition) is 13. The summed E-state index contributed by atoms with van der Waals surface area (Å²) >= 11 is 0. The van der Waals surface area contributed by atoms with E-state index in [0.717, 1.165) is 66.8 Å². The minimum absolute atomic E-state index is 0.109. The van der Waals surface area contributed by atoms with E-state index in [-0.39, 0.29) is 69.0 Å². The average Bonchev–Trinajstić information content (AvgIpc) is 0.811. The highest BCUT2D eigenvalue weighted by molar-refractivity contribution is 7.45. The van der Waals surface area contributed by atoms with Gasteiger partial charge in [-0.2, -0.15) is 0 Å².